The molecule has 130 valence electrons. The van der Waals surface area contributed by atoms with Crippen LogP contribution in [0.2, 0.25) is 0 Å². The number of amides is 2. The molecule has 2 N–H and O–H groups in total. The largest absolute Gasteiger partial charge is 0.335 e. The van der Waals surface area contributed by atoms with Crippen molar-refractivity contribution < 1.29 is 13.6 Å². The van der Waals surface area contributed by atoms with Crippen LogP contribution in [0.1, 0.15) is 44.9 Å². The molecule has 2 saturated heterocycles. The van der Waals surface area contributed by atoms with Crippen molar-refractivity contribution in [1.82, 2.24) is 10.2 Å². The number of fused-ring (bicyclic) bond motifs is 2. The number of halogens is 2. The zero-order valence-corrected chi connectivity index (χ0v) is 13.6. The van der Waals surface area contributed by atoms with Gasteiger partial charge >= 0.3 is 6.03 Å². The number of rotatable bonds is 3. The standard InChI is InChI=1S/C18H23F2N3O/c19-11-4-7-17(16(20)8-11)22-18(24)21-12-9-14-2-1-3-15(10-12)23(14)13-5-6-13/h4,7-8,12-15H,1-3,5-6,9-10H2,(H2,21,22,24)/t12?,14-,15+. The number of benzene rings is 1. The first-order chi connectivity index (χ1) is 11.6. The Labute approximate surface area is 140 Å². The van der Waals surface area contributed by atoms with Gasteiger partial charge < -0.3 is 10.6 Å². The molecule has 1 saturated carbocycles. The molecule has 0 aromatic heterocycles. The first-order valence-corrected chi connectivity index (χ1v) is 8.90. The van der Waals surface area contributed by atoms with Gasteiger partial charge in [0.2, 0.25) is 0 Å². The predicted molar refractivity (Wildman–Crippen MR) is 87.8 cm³/mol. The van der Waals surface area contributed by atoms with Crippen LogP contribution in [0.3, 0.4) is 0 Å². The van der Waals surface area contributed by atoms with Crippen LogP contribution in [0.25, 0.3) is 0 Å². The molecule has 2 heterocycles. The minimum Gasteiger partial charge on any atom is -0.335 e. The summed E-state index contributed by atoms with van der Waals surface area (Å²) >= 11 is 0. The summed E-state index contributed by atoms with van der Waals surface area (Å²) in [6.07, 6.45) is 8.25. The fourth-order valence-corrected chi connectivity index (χ4v) is 4.44. The molecule has 0 radical (unpaired) electrons. The summed E-state index contributed by atoms with van der Waals surface area (Å²) in [5.74, 6) is -1.41. The van der Waals surface area contributed by atoms with Crippen molar-refractivity contribution in [3.8, 4) is 0 Å². The smallest absolute Gasteiger partial charge is 0.319 e. The van der Waals surface area contributed by atoms with Crippen molar-refractivity contribution >= 4 is 11.7 Å². The molecule has 4 nitrogen and oxygen atoms in total. The third-order valence-corrected chi connectivity index (χ3v) is 5.51. The summed E-state index contributed by atoms with van der Waals surface area (Å²) in [6.45, 7) is 0. The normalized spacial score (nSPS) is 30.0. The molecule has 1 aromatic rings. The molecule has 6 heteroatoms. The number of nitrogens with one attached hydrogen (secondary N) is 2. The Bertz CT molecular complexity index is 621. The molecule has 3 aliphatic rings. The number of anilines is 1. The lowest BCUT2D eigenvalue weighted by atomic mass is 9.81. The van der Waals surface area contributed by atoms with Crippen molar-refractivity contribution in [2.24, 2.45) is 0 Å². The zero-order valence-electron chi connectivity index (χ0n) is 13.6. The monoisotopic (exact) mass is 335 g/mol. The van der Waals surface area contributed by atoms with E-state index in [4.69, 9.17) is 0 Å². The highest BCUT2D eigenvalue weighted by atomic mass is 19.1. The molecule has 0 spiro atoms. The molecule has 3 fully saturated rings. The minimum absolute atomic E-state index is 0.00418. The summed E-state index contributed by atoms with van der Waals surface area (Å²) in [5.41, 5.74) is 0.00418. The molecule has 4 rings (SSSR count). The molecule has 1 aromatic carbocycles. The average molecular weight is 335 g/mol. The van der Waals surface area contributed by atoms with Gasteiger partial charge in [0.15, 0.2) is 0 Å². The highest BCUT2D eigenvalue weighted by molar-refractivity contribution is 5.89. The van der Waals surface area contributed by atoms with Gasteiger partial charge in [-0.1, -0.05) is 6.42 Å². The highest BCUT2D eigenvalue weighted by Crippen LogP contribution is 2.41. The Morgan fingerprint density at radius 3 is 2.38 bits per heavy atom. The highest BCUT2D eigenvalue weighted by Gasteiger charge is 2.45. The Kier molecular flexibility index (Phi) is 4.16. The van der Waals surface area contributed by atoms with E-state index >= 15 is 0 Å². The van der Waals surface area contributed by atoms with Crippen molar-refractivity contribution in [3.05, 3.63) is 29.8 Å². The van der Waals surface area contributed by atoms with E-state index in [9.17, 15) is 13.6 Å². The van der Waals surface area contributed by atoms with Crippen molar-refractivity contribution in [1.29, 1.82) is 0 Å². The molecule has 3 atom stereocenters. The maximum Gasteiger partial charge on any atom is 0.319 e. The number of nitrogens with zero attached hydrogens (tertiary/aromatic N) is 1. The van der Waals surface area contributed by atoms with Gasteiger partial charge in [-0.2, -0.15) is 0 Å². The van der Waals surface area contributed by atoms with Crippen LogP contribution >= 0.6 is 0 Å². The topological polar surface area (TPSA) is 44.4 Å². The fourth-order valence-electron chi connectivity index (χ4n) is 4.44. The zero-order chi connectivity index (χ0) is 16.7. The van der Waals surface area contributed by atoms with E-state index in [1.54, 1.807) is 0 Å². The molecule has 1 unspecified atom stereocenters. The maximum atomic E-state index is 13.6. The van der Waals surface area contributed by atoms with Gasteiger partial charge in [-0.15, -0.1) is 0 Å². The first-order valence-electron chi connectivity index (χ1n) is 8.90. The van der Waals surface area contributed by atoms with E-state index in [1.165, 1.54) is 38.2 Å². The molecular weight excluding hydrogens is 312 g/mol. The van der Waals surface area contributed by atoms with Crippen molar-refractivity contribution in [3.63, 3.8) is 0 Å². The van der Waals surface area contributed by atoms with Gasteiger partial charge in [-0.25, -0.2) is 13.6 Å². The number of carbonyl (C=O) groups is 1. The lowest BCUT2D eigenvalue weighted by molar-refractivity contribution is 0.0198. The van der Waals surface area contributed by atoms with Crippen LogP contribution in [0, 0.1) is 11.6 Å². The van der Waals surface area contributed by atoms with Crippen LogP contribution in [0.5, 0.6) is 0 Å². The molecular formula is C18H23F2N3O. The van der Waals surface area contributed by atoms with Crippen LogP contribution < -0.4 is 10.6 Å². The van der Waals surface area contributed by atoms with Crippen molar-refractivity contribution in [2.75, 3.05) is 5.32 Å². The van der Waals surface area contributed by atoms with Crippen LogP contribution in [0.15, 0.2) is 18.2 Å². The first kappa shape index (κ1) is 15.8. The third-order valence-electron chi connectivity index (χ3n) is 5.51. The lowest BCUT2D eigenvalue weighted by Crippen LogP contribution is -2.58. The molecule has 2 aliphatic heterocycles. The second kappa shape index (κ2) is 6.31. The summed E-state index contributed by atoms with van der Waals surface area (Å²) in [7, 11) is 0. The summed E-state index contributed by atoms with van der Waals surface area (Å²) in [5, 5.41) is 5.47. The Morgan fingerprint density at radius 1 is 1.04 bits per heavy atom. The quantitative estimate of drug-likeness (QED) is 0.886. The SMILES string of the molecule is O=C(Nc1ccc(F)cc1F)NC1C[C@H]2CCC[C@@H](C1)N2C1CC1. The lowest BCUT2D eigenvalue weighted by Gasteiger charge is -2.49. The van der Waals surface area contributed by atoms with Gasteiger partial charge in [0.1, 0.15) is 11.6 Å². The number of hydrogen-bond acceptors (Lipinski definition) is 2. The second-order valence-corrected chi connectivity index (χ2v) is 7.31. The van der Waals surface area contributed by atoms with E-state index in [0.717, 1.165) is 31.0 Å². The second-order valence-electron chi connectivity index (χ2n) is 7.31. The van der Waals surface area contributed by atoms with Crippen LogP contribution in [0.4, 0.5) is 19.3 Å². The molecule has 2 bridgehead atoms. The van der Waals surface area contributed by atoms with Crippen LogP contribution in [-0.2, 0) is 0 Å². The third kappa shape index (κ3) is 3.24. The maximum absolute atomic E-state index is 13.6. The minimum atomic E-state index is -0.759. The van der Waals surface area contributed by atoms with E-state index in [2.05, 4.69) is 15.5 Å². The van der Waals surface area contributed by atoms with Crippen molar-refractivity contribution in [2.45, 2.75) is 69.1 Å². The molecule has 1 aliphatic carbocycles. The van der Waals surface area contributed by atoms with E-state index in [-0.39, 0.29) is 11.7 Å². The number of hydrogen-bond donors (Lipinski definition) is 2. The Morgan fingerprint density at radius 2 is 1.75 bits per heavy atom. The van der Waals surface area contributed by atoms with Crippen LogP contribution in [-0.4, -0.2) is 35.1 Å². The molecule has 24 heavy (non-hydrogen) atoms. The van der Waals surface area contributed by atoms with Gasteiger partial charge in [0, 0.05) is 30.2 Å². The van der Waals surface area contributed by atoms with Gasteiger partial charge in [0.05, 0.1) is 5.69 Å². The van der Waals surface area contributed by atoms with Gasteiger partial charge in [-0.05, 0) is 50.7 Å². The average Bonchev–Trinajstić information content (AvgIpc) is 3.34. The summed E-state index contributed by atoms with van der Waals surface area (Å²) in [6, 6.07) is 4.77. The number of carbonyl (C=O) groups excluding carboxylic acids is 1. The fraction of sp³-hybridized carbons (Fsp3) is 0.611. The summed E-state index contributed by atoms with van der Waals surface area (Å²) in [4.78, 5) is 14.9. The van der Waals surface area contributed by atoms with Gasteiger partial charge in [-0.3, -0.25) is 4.90 Å². The van der Waals surface area contributed by atoms with E-state index in [1.807, 2.05) is 0 Å². The van der Waals surface area contributed by atoms with E-state index < -0.39 is 17.7 Å². The van der Waals surface area contributed by atoms with E-state index in [0.29, 0.717) is 12.1 Å². The molecule has 2 amide bonds. The number of piperidine rings is 2. The van der Waals surface area contributed by atoms with Gasteiger partial charge in [0.25, 0.3) is 0 Å². The summed E-state index contributed by atoms with van der Waals surface area (Å²) < 4.78 is 26.6. The Balaban J connectivity index is 1.36. The predicted octanol–water partition coefficient (Wildman–Crippen LogP) is 3.63. The number of urea groups is 1. The Hall–Kier alpha value is -1.69.